The van der Waals surface area contributed by atoms with Crippen molar-refractivity contribution in [3.8, 4) is 6.07 Å². The zero-order chi connectivity index (χ0) is 14.6. The minimum Gasteiger partial charge on any atom is -0.302 e. The Kier molecular flexibility index (Phi) is 4.79. The molecule has 0 unspecified atom stereocenters. The molecule has 0 aromatic heterocycles. The number of rotatable bonds is 5. The van der Waals surface area contributed by atoms with Crippen molar-refractivity contribution < 1.29 is 8.42 Å². The fourth-order valence-electron chi connectivity index (χ4n) is 2.67. The topological polar surface area (TPSA) is 61.2 Å². The van der Waals surface area contributed by atoms with E-state index in [1.807, 2.05) is 13.1 Å². The quantitative estimate of drug-likeness (QED) is 0.834. The summed E-state index contributed by atoms with van der Waals surface area (Å²) in [5, 5.41) is 8.84. The standard InChI is InChI=1S/C15H20N2O2S/c1-17(14-6-2-3-7-14)9-10-20(18,19)15-8-4-5-13(11-15)12-16/h4-5,8,11,14H,2-3,6-7,9-10H2,1H3. The Bertz CT molecular complexity index is 599. The molecule has 2 rings (SSSR count). The van der Waals surface area contributed by atoms with Crippen molar-refractivity contribution in [2.75, 3.05) is 19.3 Å². The van der Waals surface area contributed by atoms with Crippen molar-refractivity contribution >= 4 is 9.84 Å². The van der Waals surface area contributed by atoms with Crippen LogP contribution in [0.4, 0.5) is 0 Å². The fourth-order valence-corrected chi connectivity index (χ4v) is 4.03. The summed E-state index contributed by atoms with van der Waals surface area (Å²) in [7, 11) is -1.31. The molecule has 0 aliphatic heterocycles. The van der Waals surface area contributed by atoms with E-state index in [9.17, 15) is 8.42 Å². The first kappa shape index (κ1) is 15.0. The Balaban J connectivity index is 2.01. The molecule has 0 bridgehead atoms. The van der Waals surface area contributed by atoms with E-state index >= 15 is 0 Å². The number of benzene rings is 1. The second-order valence-electron chi connectivity index (χ2n) is 5.38. The fraction of sp³-hybridized carbons (Fsp3) is 0.533. The van der Waals surface area contributed by atoms with Crippen molar-refractivity contribution in [2.24, 2.45) is 0 Å². The Morgan fingerprint density at radius 2 is 2.05 bits per heavy atom. The van der Waals surface area contributed by atoms with Gasteiger partial charge in [-0.2, -0.15) is 5.26 Å². The molecule has 0 radical (unpaired) electrons. The molecule has 1 aliphatic carbocycles. The molecule has 1 aromatic rings. The van der Waals surface area contributed by atoms with E-state index in [0.29, 0.717) is 18.2 Å². The molecule has 1 fully saturated rings. The van der Waals surface area contributed by atoms with Gasteiger partial charge in [-0.05, 0) is 38.1 Å². The predicted molar refractivity (Wildman–Crippen MR) is 78.1 cm³/mol. The third-order valence-electron chi connectivity index (χ3n) is 3.98. The molecule has 1 aliphatic rings. The van der Waals surface area contributed by atoms with Crippen molar-refractivity contribution in [1.29, 1.82) is 5.26 Å². The average Bonchev–Trinajstić information content (AvgIpc) is 2.99. The third-order valence-corrected chi connectivity index (χ3v) is 5.68. The number of hydrogen-bond acceptors (Lipinski definition) is 4. The normalized spacial score (nSPS) is 16.4. The van der Waals surface area contributed by atoms with Crippen LogP contribution in [0, 0.1) is 11.3 Å². The highest BCUT2D eigenvalue weighted by atomic mass is 32.2. The largest absolute Gasteiger partial charge is 0.302 e. The van der Waals surface area contributed by atoms with Gasteiger partial charge in [-0.25, -0.2) is 8.42 Å². The molecule has 1 saturated carbocycles. The highest BCUT2D eigenvalue weighted by molar-refractivity contribution is 7.91. The molecular formula is C15H20N2O2S. The summed E-state index contributed by atoms with van der Waals surface area (Å²) < 4.78 is 24.6. The van der Waals surface area contributed by atoms with Crippen LogP contribution in [0.1, 0.15) is 31.2 Å². The predicted octanol–water partition coefficient (Wildman–Crippen LogP) is 2.21. The first-order valence-corrected chi connectivity index (χ1v) is 8.61. The number of sulfone groups is 1. The lowest BCUT2D eigenvalue weighted by Gasteiger charge is -2.23. The highest BCUT2D eigenvalue weighted by Gasteiger charge is 2.22. The van der Waals surface area contributed by atoms with Gasteiger partial charge in [-0.15, -0.1) is 0 Å². The Morgan fingerprint density at radius 1 is 1.35 bits per heavy atom. The van der Waals surface area contributed by atoms with Crippen molar-refractivity contribution in [1.82, 2.24) is 4.90 Å². The Hall–Kier alpha value is -1.38. The van der Waals surface area contributed by atoms with E-state index in [0.717, 1.165) is 0 Å². The van der Waals surface area contributed by atoms with E-state index in [1.165, 1.54) is 31.7 Å². The van der Waals surface area contributed by atoms with E-state index in [1.54, 1.807) is 18.2 Å². The van der Waals surface area contributed by atoms with Gasteiger partial charge in [-0.1, -0.05) is 18.9 Å². The highest BCUT2D eigenvalue weighted by Crippen LogP contribution is 2.22. The Morgan fingerprint density at radius 3 is 2.70 bits per heavy atom. The van der Waals surface area contributed by atoms with Gasteiger partial charge in [0.15, 0.2) is 9.84 Å². The minimum absolute atomic E-state index is 0.106. The summed E-state index contributed by atoms with van der Waals surface area (Å²) in [5.41, 5.74) is 0.384. The third kappa shape index (κ3) is 3.59. The van der Waals surface area contributed by atoms with E-state index in [4.69, 9.17) is 5.26 Å². The number of nitriles is 1. The molecule has 20 heavy (non-hydrogen) atoms. The molecule has 0 N–H and O–H groups in total. The first-order valence-electron chi connectivity index (χ1n) is 6.96. The number of nitrogens with zero attached hydrogens (tertiary/aromatic N) is 2. The molecule has 4 nitrogen and oxygen atoms in total. The van der Waals surface area contributed by atoms with Crippen LogP contribution in [0.5, 0.6) is 0 Å². The van der Waals surface area contributed by atoms with Gasteiger partial charge in [0.25, 0.3) is 0 Å². The molecule has 0 amide bonds. The number of hydrogen-bond donors (Lipinski definition) is 0. The summed E-state index contributed by atoms with van der Waals surface area (Å²) in [5.74, 6) is 0.106. The minimum atomic E-state index is -3.31. The van der Waals surface area contributed by atoms with E-state index in [-0.39, 0.29) is 10.6 Å². The average molecular weight is 292 g/mol. The lowest BCUT2D eigenvalue weighted by atomic mass is 10.2. The second-order valence-corrected chi connectivity index (χ2v) is 7.49. The smallest absolute Gasteiger partial charge is 0.179 e. The molecule has 108 valence electrons. The SMILES string of the molecule is CN(CCS(=O)(=O)c1cccc(C#N)c1)C1CCCC1. The maximum absolute atomic E-state index is 12.3. The van der Waals surface area contributed by atoms with Gasteiger partial charge < -0.3 is 4.90 Å². The van der Waals surface area contributed by atoms with Gasteiger partial charge in [0.1, 0.15) is 0 Å². The maximum atomic E-state index is 12.3. The summed E-state index contributed by atoms with van der Waals surface area (Å²) in [4.78, 5) is 2.40. The summed E-state index contributed by atoms with van der Waals surface area (Å²) in [6.45, 7) is 0.545. The Labute approximate surface area is 120 Å². The zero-order valence-corrected chi connectivity index (χ0v) is 12.6. The van der Waals surface area contributed by atoms with E-state index in [2.05, 4.69) is 4.90 Å². The van der Waals surface area contributed by atoms with Gasteiger partial charge in [-0.3, -0.25) is 0 Å². The van der Waals surface area contributed by atoms with Crippen LogP contribution >= 0.6 is 0 Å². The molecule has 5 heteroatoms. The van der Waals surface area contributed by atoms with Gasteiger partial charge in [0.05, 0.1) is 22.3 Å². The molecule has 0 heterocycles. The van der Waals surface area contributed by atoms with Crippen LogP contribution in [-0.4, -0.2) is 38.7 Å². The van der Waals surface area contributed by atoms with Crippen LogP contribution in [-0.2, 0) is 9.84 Å². The summed E-state index contributed by atoms with van der Waals surface area (Å²) >= 11 is 0. The van der Waals surface area contributed by atoms with Crippen molar-refractivity contribution in [3.05, 3.63) is 29.8 Å². The van der Waals surface area contributed by atoms with Gasteiger partial charge in [0, 0.05) is 12.6 Å². The molecule has 1 aromatic carbocycles. The lowest BCUT2D eigenvalue weighted by molar-refractivity contribution is 0.259. The van der Waals surface area contributed by atoms with Gasteiger partial charge in [0.2, 0.25) is 0 Å². The molecular weight excluding hydrogens is 272 g/mol. The summed E-state index contributed by atoms with van der Waals surface area (Å²) in [6.07, 6.45) is 4.82. The lowest BCUT2D eigenvalue weighted by Crippen LogP contribution is -2.33. The molecule has 0 spiro atoms. The van der Waals surface area contributed by atoms with Crippen LogP contribution in [0.25, 0.3) is 0 Å². The van der Waals surface area contributed by atoms with Crippen molar-refractivity contribution in [2.45, 2.75) is 36.6 Å². The monoisotopic (exact) mass is 292 g/mol. The first-order chi connectivity index (χ1) is 9.53. The maximum Gasteiger partial charge on any atom is 0.179 e. The van der Waals surface area contributed by atoms with Gasteiger partial charge >= 0.3 is 0 Å². The second kappa shape index (κ2) is 6.38. The van der Waals surface area contributed by atoms with E-state index < -0.39 is 9.84 Å². The summed E-state index contributed by atoms with van der Waals surface area (Å²) in [6, 6.07) is 8.74. The van der Waals surface area contributed by atoms with Crippen LogP contribution in [0.3, 0.4) is 0 Å². The molecule has 0 atom stereocenters. The van der Waals surface area contributed by atoms with Crippen LogP contribution in [0.15, 0.2) is 29.2 Å². The molecule has 0 saturated heterocycles. The zero-order valence-electron chi connectivity index (χ0n) is 11.7. The van der Waals surface area contributed by atoms with Crippen molar-refractivity contribution in [3.63, 3.8) is 0 Å². The van der Waals surface area contributed by atoms with Crippen LogP contribution < -0.4 is 0 Å². The van der Waals surface area contributed by atoms with Crippen LogP contribution in [0.2, 0.25) is 0 Å².